The Labute approximate surface area is 246 Å². The second kappa shape index (κ2) is 14.6. The number of halogens is 1. The molecule has 2 aliphatic rings. The van der Waals surface area contributed by atoms with Crippen LogP contribution in [0.15, 0.2) is 41.3 Å². The number of anilines is 1. The third-order valence-corrected chi connectivity index (χ3v) is 7.93. The quantitative estimate of drug-likeness (QED) is 0.202. The van der Waals surface area contributed by atoms with Crippen LogP contribution in [0.4, 0.5) is 10.2 Å². The van der Waals surface area contributed by atoms with Crippen LogP contribution in [-0.4, -0.2) is 66.9 Å². The van der Waals surface area contributed by atoms with E-state index in [1.54, 1.807) is 19.2 Å². The Balaban J connectivity index is 1.16. The number of oxazole rings is 1. The number of aromatic nitrogens is 2. The van der Waals surface area contributed by atoms with Crippen LogP contribution >= 0.6 is 0 Å². The summed E-state index contributed by atoms with van der Waals surface area (Å²) >= 11 is 0. The van der Waals surface area contributed by atoms with Crippen molar-refractivity contribution in [3.63, 3.8) is 0 Å². The molecular formula is C32H41FN4O5. The maximum Gasteiger partial charge on any atom is 0.328 e. The van der Waals surface area contributed by atoms with E-state index < -0.39 is 17.8 Å². The molecule has 1 N–H and O–H groups in total. The molecule has 0 saturated carbocycles. The highest BCUT2D eigenvalue weighted by Crippen LogP contribution is 2.36. The van der Waals surface area contributed by atoms with E-state index in [1.807, 2.05) is 4.90 Å². The highest BCUT2D eigenvalue weighted by atomic mass is 19.1. The van der Waals surface area contributed by atoms with Gasteiger partial charge < -0.3 is 23.9 Å². The number of ether oxygens (including phenoxy) is 3. The normalized spacial score (nSPS) is 17.5. The minimum Gasteiger partial charge on any atom is -0.493 e. The molecule has 2 aliphatic heterocycles. The summed E-state index contributed by atoms with van der Waals surface area (Å²) in [6.45, 7) is 4.83. The molecule has 1 unspecified atom stereocenters. The summed E-state index contributed by atoms with van der Waals surface area (Å²) in [6.07, 6.45) is 10.4. The lowest BCUT2D eigenvalue weighted by Crippen LogP contribution is -2.35. The van der Waals surface area contributed by atoms with E-state index >= 15 is 4.39 Å². The van der Waals surface area contributed by atoms with Crippen molar-refractivity contribution in [3.8, 4) is 5.75 Å². The number of fused-ring (bicyclic) bond motifs is 1. The van der Waals surface area contributed by atoms with Crippen molar-refractivity contribution in [2.75, 3.05) is 45.3 Å². The van der Waals surface area contributed by atoms with Crippen LogP contribution in [0, 0.1) is 5.82 Å². The Kier molecular flexibility index (Phi) is 10.4. The van der Waals surface area contributed by atoms with Crippen LogP contribution in [0.25, 0.3) is 0 Å². The molecule has 5 rings (SSSR count). The first-order chi connectivity index (χ1) is 20.6. The van der Waals surface area contributed by atoms with Gasteiger partial charge in [-0.05, 0) is 74.8 Å². The molecule has 0 radical (unpaired) electrons. The summed E-state index contributed by atoms with van der Waals surface area (Å²) in [5.74, 6) is 0.731. The number of unbranched alkanes of at least 4 members (excludes halogenated alkanes) is 2. The largest absolute Gasteiger partial charge is 0.493 e. The standard InChI is InChI=1S/C32H41FN4O5/c1-3-40-32(38)29(27-17-22(16-26-19-34-21-42-26)18-28(33)30(27)39-2)37-14-12-25(20-37)41-15-6-4-5-9-24-11-10-23-8-7-13-35-31(23)36-24/h10-11,17-19,21,25,29H,3-9,12-16,20H2,1-2H3,(H,35,36)/t25-,29?/m1/s1. The number of carbonyl (C=O) groups excluding carboxylic acids is 1. The number of hydrogen-bond acceptors (Lipinski definition) is 9. The third kappa shape index (κ3) is 7.46. The summed E-state index contributed by atoms with van der Waals surface area (Å²) in [6, 6.07) is 6.76. The predicted octanol–water partition coefficient (Wildman–Crippen LogP) is 5.27. The van der Waals surface area contributed by atoms with Gasteiger partial charge in [0.2, 0.25) is 0 Å². The van der Waals surface area contributed by atoms with Gasteiger partial charge in [0, 0.05) is 43.9 Å². The first-order valence-corrected chi connectivity index (χ1v) is 15.0. The lowest BCUT2D eigenvalue weighted by molar-refractivity contribution is -0.149. The molecule has 4 heterocycles. The smallest absolute Gasteiger partial charge is 0.328 e. The lowest BCUT2D eigenvalue weighted by atomic mass is 9.99. The van der Waals surface area contributed by atoms with E-state index in [1.165, 1.54) is 31.6 Å². The number of aryl methyl sites for hydroxylation is 2. The fourth-order valence-corrected chi connectivity index (χ4v) is 5.89. The van der Waals surface area contributed by atoms with Gasteiger partial charge in [0.1, 0.15) is 17.6 Å². The van der Waals surface area contributed by atoms with Crippen LogP contribution in [-0.2, 0) is 33.5 Å². The monoisotopic (exact) mass is 580 g/mol. The molecule has 1 aromatic carbocycles. The van der Waals surface area contributed by atoms with Crippen LogP contribution in [0.3, 0.4) is 0 Å². The predicted molar refractivity (Wildman–Crippen MR) is 156 cm³/mol. The fraction of sp³-hybridized carbons (Fsp3) is 0.531. The van der Waals surface area contributed by atoms with Crippen molar-refractivity contribution in [3.05, 3.63) is 70.8 Å². The number of rotatable bonds is 14. The van der Waals surface area contributed by atoms with Gasteiger partial charge in [-0.2, -0.15) is 0 Å². The molecule has 3 aromatic rings. The summed E-state index contributed by atoms with van der Waals surface area (Å²) in [5.41, 5.74) is 3.55. The second-order valence-corrected chi connectivity index (χ2v) is 10.9. The Hall–Kier alpha value is -3.50. The number of likely N-dealkylation sites (tertiary alicyclic amines) is 1. The maximum atomic E-state index is 15.2. The van der Waals surface area contributed by atoms with Crippen LogP contribution < -0.4 is 10.1 Å². The topological polar surface area (TPSA) is 99.0 Å². The highest BCUT2D eigenvalue weighted by molar-refractivity contribution is 5.79. The molecular weight excluding hydrogens is 539 g/mol. The molecule has 1 saturated heterocycles. The number of hydrogen-bond donors (Lipinski definition) is 1. The van der Waals surface area contributed by atoms with Gasteiger partial charge in [0.25, 0.3) is 0 Å². The van der Waals surface area contributed by atoms with E-state index in [4.69, 9.17) is 23.6 Å². The van der Waals surface area contributed by atoms with Crippen LogP contribution in [0.1, 0.15) is 73.2 Å². The van der Waals surface area contributed by atoms with Crippen molar-refractivity contribution in [2.24, 2.45) is 0 Å². The molecule has 2 atom stereocenters. The molecule has 1 fully saturated rings. The lowest BCUT2D eigenvalue weighted by Gasteiger charge is -2.28. The van der Waals surface area contributed by atoms with Gasteiger partial charge in [-0.25, -0.2) is 19.2 Å². The number of nitrogens with one attached hydrogen (secondary N) is 1. The molecule has 0 amide bonds. The minimum absolute atomic E-state index is 0.0106. The van der Waals surface area contributed by atoms with E-state index in [0.717, 1.165) is 56.6 Å². The number of carbonyl (C=O) groups is 1. The number of pyridine rings is 1. The summed E-state index contributed by atoms with van der Waals surface area (Å²) in [7, 11) is 1.41. The Morgan fingerprint density at radius 2 is 2.17 bits per heavy atom. The van der Waals surface area contributed by atoms with E-state index in [0.29, 0.717) is 43.0 Å². The van der Waals surface area contributed by atoms with Gasteiger partial charge in [0.15, 0.2) is 18.0 Å². The van der Waals surface area contributed by atoms with Crippen LogP contribution in [0.2, 0.25) is 0 Å². The van der Waals surface area contributed by atoms with Crippen molar-refractivity contribution in [2.45, 2.75) is 70.4 Å². The van der Waals surface area contributed by atoms with Gasteiger partial charge in [-0.3, -0.25) is 4.90 Å². The first-order valence-electron chi connectivity index (χ1n) is 15.0. The molecule has 10 heteroatoms. The van der Waals surface area contributed by atoms with Gasteiger partial charge >= 0.3 is 5.97 Å². The second-order valence-electron chi connectivity index (χ2n) is 10.9. The Bertz CT molecular complexity index is 1320. The van der Waals surface area contributed by atoms with E-state index in [2.05, 4.69) is 22.4 Å². The molecule has 0 bridgehead atoms. The first kappa shape index (κ1) is 30.0. The molecule has 42 heavy (non-hydrogen) atoms. The maximum absolute atomic E-state index is 15.2. The van der Waals surface area contributed by atoms with Crippen molar-refractivity contribution >= 4 is 11.8 Å². The van der Waals surface area contributed by atoms with Crippen LogP contribution in [0.5, 0.6) is 5.75 Å². The van der Waals surface area contributed by atoms with E-state index in [9.17, 15) is 4.79 Å². The van der Waals surface area contributed by atoms with Gasteiger partial charge in [-0.15, -0.1) is 0 Å². The average molecular weight is 581 g/mol. The number of methoxy groups -OCH3 is 1. The minimum atomic E-state index is -0.809. The number of nitrogens with zero attached hydrogens (tertiary/aromatic N) is 3. The Morgan fingerprint density at radius 3 is 2.98 bits per heavy atom. The van der Waals surface area contributed by atoms with E-state index in [-0.39, 0.29) is 18.5 Å². The summed E-state index contributed by atoms with van der Waals surface area (Å²) < 4.78 is 37.6. The summed E-state index contributed by atoms with van der Waals surface area (Å²) in [4.78, 5) is 24.0. The molecule has 0 aliphatic carbocycles. The van der Waals surface area contributed by atoms with Crippen molar-refractivity contribution in [1.82, 2.24) is 14.9 Å². The highest BCUT2D eigenvalue weighted by Gasteiger charge is 2.37. The molecule has 0 spiro atoms. The zero-order chi connectivity index (χ0) is 29.3. The molecule has 9 nitrogen and oxygen atoms in total. The van der Waals surface area contributed by atoms with Crippen molar-refractivity contribution in [1.29, 1.82) is 0 Å². The average Bonchev–Trinajstić information content (AvgIpc) is 3.68. The van der Waals surface area contributed by atoms with Gasteiger partial charge in [-0.1, -0.05) is 12.5 Å². The molecule has 226 valence electrons. The molecule has 2 aromatic heterocycles. The zero-order valence-corrected chi connectivity index (χ0v) is 24.6. The Morgan fingerprint density at radius 1 is 1.26 bits per heavy atom. The number of benzene rings is 1. The van der Waals surface area contributed by atoms with Crippen molar-refractivity contribution < 1.29 is 27.8 Å². The number of esters is 1. The zero-order valence-electron chi connectivity index (χ0n) is 24.6. The third-order valence-electron chi connectivity index (χ3n) is 7.93. The SMILES string of the molecule is CCOC(=O)C(c1cc(Cc2cnco2)cc(F)c1OC)N1CC[C@@H](OCCCCCc2ccc3c(n2)NCCC3)C1. The summed E-state index contributed by atoms with van der Waals surface area (Å²) in [5, 5.41) is 3.41. The van der Waals surface area contributed by atoms with Gasteiger partial charge in [0.05, 0.1) is 26.0 Å². The fourth-order valence-electron chi connectivity index (χ4n) is 5.89.